The fourth-order valence-electron chi connectivity index (χ4n) is 0.0504. The lowest BCUT2D eigenvalue weighted by Gasteiger charge is -1.89. The molecule has 0 aliphatic heterocycles. The number of hydroxylamine groups is 1. The standard InChI is InChI=1S/C2H3NO4/c4-1(3-7)2(5)6/h3H2,(H,5,6). The van der Waals surface area contributed by atoms with E-state index in [1.54, 1.807) is 0 Å². The lowest BCUT2D eigenvalue weighted by atomic mass is 10.7. The molecule has 40 valence electrons. The molecule has 0 unspecified atom stereocenters. The molecule has 0 atom stereocenters. The van der Waals surface area contributed by atoms with Gasteiger partial charge in [-0.25, -0.2) is 9.59 Å². The first-order chi connectivity index (χ1) is 3.18. The van der Waals surface area contributed by atoms with Crippen LogP contribution in [0.5, 0.6) is 0 Å². The molecule has 5 nitrogen and oxygen atoms in total. The van der Waals surface area contributed by atoms with Crippen LogP contribution in [0.25, 0.3) is 0 Å². The van der Waals surface area contributed by atoms with Crippen molar-refractivity contribution in [2.75, 3.05) is 0 Å². The molecule has 7 heavy (non-hydrogen) atoms. The molecule has 5 heteroatoms. The van der Waals surface area contributed by atoms with Crippen LogP contribution in [-0.4, -0.2) is 17.0 Å². The van der Waals surface area contributed by atoms with Gasteiger partial charge in [0.05, 0.1) is 0 Å². The highest BCUT2D eigenvalue weighted by atomic mass is 16.5. The molecule has 0 fully saturated rings. The SMILES string of the molecule is O=C(O)C(=O)[NH2+][O-]. The zero-order valence-corrected chi connectivity index (χ0v) is 3.25. The first kappa shape index (κ1) is 6.06. The number of carboxylic acid groups (broad SMARTS) is 1. The molecular weight excluding hydrogens is 102 g/mol. The number of carbonyl (C=O) groups is 2. The maximum absolute atomic E-state index is 9.54. The maximum atomic E-state index is 9.54. The molecule has 0 aliphatic carbocycles. The largest absolute Gasteiger partial charge is 0.628 e. The molecule has 0 heterocycles. The first-order valence-corrected chi connectivity index (χ1v) is 1.41. The molecule has 0 bridgehead atoms. The van der Waals surface area contributed by atoms with E-state index in [1.807, 2.05) is 0 Å². The summed E-state index contributed by atoms with van der Waals surface area (Å²) < 4.78 is 0. The Morgan fingerprint density at radius 3 is 2.00 bits per heavy atom. The van der Waals surface area contributed by atoms with Gasteiger partial charge in [-0.15, -0.1) is 0 Å². The zero-order valence-electron chi connectivity index (χ0n) is 3.25. The van der Waals surface area contributed by atoms with Crippen LogP contribution in [0.4, 0.5) is 0 Å². The van der Waals surface area contributed by atoms with Gasteiger partial charge >= 0.3 is 11.9 Å². The second-order valence-electron chi connectivity index (χ2n) is 0.787. The summed E-state index contributed by atoms with van der Waals surface area (Å²) in [7, 11) is 0. The summed E-state index contributed by atoms with van der Waals surface area (Å²) in [4.78, 5) is 18.9. The van der Waals surface area contributed by atoms with Gasteiger partial charge in [0.1, 0.15) is 0 Å². The maximum Gasteiger partial charge on any atom is 0.434 e. The number of primary amides is 1. The van der Waals surface area contributed by atoms with Crippen LogP contribution in [0.3, 0.4) is 0 Å². The summed E-state index contributed by atoms with van der Waals surface area (Å²) in [6.07, 6.45) is 0. The van der Waals surface area contributed by atoms with E-state index in [2.05, 4.69) is 0 Å². The Morgan fingerprint density at radius 2 is 2.00 bits per heavy atom. The van der Waals surface area contributed by atoms with Gasteiger partial charge in [0.15, 0.2) is 0 Å². The molecule has 3 N–H and O–H groups in total. The van der Waals surface area contributed by atoms with Crippen LogP contribution in [0.15, 0.2) is 0 Å². The fourth-order valence-corrected chi connectivity index (χ4v) is 0.0504. The highest BCUT2D eigenvalue weighted by Gasteiger charge is 2.09. The molecule has 0 spiro atoms. The van der Waals surface area contributed by atoms with Gasteiger partial charge in [-0.2, -0.15) is 0 Å². The van der Waals surface area contributed by atoms with E-state index in [9.17, 15) is 14.8 Å². The van der Waals surface area contributed by atoms with Gasteiger partial charge < -0.3 is 15.8 Å². The predicted molar refractivity (Wildman–Crippen MR) is 17.9 cm³/mol. The summed E-state index contributed by atoms with van der Waals surface area (Å²) in [5.41, 5.74) is -0.248. The topological polar surface area (TPSA) is 94.0 Å². The summed E-state index contributed by atoms with van der Waals surface area (Å²) in [6, 6.07) is 0. The lowest BCUT2D eigenvalue weighted by Crippen LogP contribution is -2.83. The van der Waals surface area contributed by atoms with Gasteiger partial charge in [-0.3, -0.25) is 0 Å². The van der Waals surface area contributed by atoms with Crippen LogP contribution in [0.2, 0.25) is 0 Å². The average Bonchev–Trinajstić information content (AvgIpc) is 1.65. The number of quaternary nitrogens is 1. The number of carbonyl (C=O) groups excluding carboxylic acids is 1. The van der Waals surface area contributed by atoms with E-state index in [4.69, 9.17) is 5.11 Å². The van der Waals surface area contributed by atoms with Gasteiger partial charge in [-0.1, -0.05) is 0 Å². The Balaban J connectivity index is 3.58. The van der Waals surface area contributed by atoms with Crippen molar-refractivity contribution in [2.24, 2.45) is 0 Å². The highest BCUT2D eigenvalue weighted by molar-refractivity contribution is 6.26. The van der Waals surface area contributed by atoms with E-state index in [0.29, 0.717) is 0 Å². The molecule has 1 amide bonds. The third-order valence-electron chi connectivity index (χ3n) is 0.318. The van der Waals surface area contributed by atoms with Gasteiger partial charge in [0.25, 0.3) is 0 Å². The second-order valence-corrected chi connectivity index (χ2v) is 0.787. The Kier molecular flexibility index (Phi) is 1.97. The van der Waals surface area contributed by atoms with E-state index in [1.165, 1.54) is 0 Å². The molecule has 0 aromatic heterocycles. The van der Waals surface area contributed by atoms with E-state index in [0.717, 1.165) is 0 Å². The number of hydrogen-bond acceptors (Lipinski definition) is 3. The minimum Gasteiger partial charge on any atom is -0.628 e. The third-order valence-corrected chi connectivity index (χ3v) is 0.318. The monoisotopic (exact) mass is 105 g/mol. The summed E-state index contributed by atoms with van der Waals surface area (Å²) in [6.45, 7) is 0. The minimum absolute atomic E-state index is 0.248. The minimum atomic E-state index is -1.71. The van der Waals surface area contributed by atoms with E-state index in [-0.39, 0.29) is 5.48 Å². The molecular formula is C2H3NO4. The number of nitrogens with two attached hydrogens (primary N) is 1. The molecule has 0 saturated carbocycles. The molecule has 0 aromatic rings. The molecule has 0 aromatic carbocycles. The Morgan fingerprint density at radius 1 is 1.57 bits per heavy atom. The molecule has 0 rings (SSSR count). The number of hydrogen-bond donors (Lipinski definition) is 2. The van der Waals surface area contributed by atoms with Crippen LogP contribution >= 0.6 is 0 Å². The molecule has 0 aliphatic rings. The summed E-state index contributed by atoms with van der Waals surface area (Å²) in [5, 5.41) is 16.8. The molecule has 0 saturated heterocycles. The quantitative estimate of drug-likeness (QED) is 0.266. The number of rotatable bonds is 0. The van der Waals surface area contributed by atoms with Gasteiger partial charge in [0.2, 0.25) is 0 Å². The van der Waals surface area contributed by atoms with E-state index >= 15 is 0 Å². The lowest BCUT2D eigenvalue weighted by molar-refractivity contribution is -0.495. The van der Waals surface area contributed by atoms with Crippen molar-refractivity contribution in [2.45, 2.75) is 0 Å². The molecule has 0 radical (unpaired) electrons. The van der Waals surface area contributed by atoms with Crippen molar-refractivity contribution in [1.29, 1.82) is 0 Å². The second kappa shape index (κ2) is 2.27. The highest BCUT2D eigenvalue weighted by Crippen LogP contribution is 1.50. The zero-order chi connectivity index (χ0) is 5.86. The van der Waals surface area contributed by atoms with Gasteiger partial charge in [-0.05, 0) is 0 Å². The van der Waals surface area contributed by atoms with Crippen LogP contribution in [0, 0.1) is 5.21 Å². The number of amides is 1. The first-order valence-electron chi connectivity index (χ1n) is 1.41. The number of aliphatic carboxylic acids is 1. The van der Waals surface area contributed by atoms with Crippen molar-refractivity contribution in [3.8, 4) is 0 Å². The summed E-state index contributed by atoms with van der Waals surface area (Å²) >= 11 is 0. The Bertz CT molecular complexity index is 97.9. The van der Waals surface area contributed by atoms with Crippen molar-refractivity contribution in [1.82, 2.24) is 0 Å². The van der Waals surface area contributed by atoms with Crippen LogP contribution in [0.1, 0.15) is 0 Å². The van der Waals surface area contributed by atoms with Gasteiger partial charge in [0, 0.05) is 0 Å². The predicted octanol–water partition coefficient (Wildman–Crippen LogP) is -2.34. The van der Waals surface area contributed by atoms with E-state index < -0.39 is 11.9 Å². The van der Waals surface area contributed by atoms with Crippen molar-refractivity contribution < 1.29 is 20.2 Å². The van der Waals surface area contributed by atoms with Crippen LogP contribution < -0.4 is 5.48 Å². The Hall–Kier alpha value is -0.940. The number of carboxylic acids is 1. The van der Waals surface area contributed by atoms with Crippen molar-refractivity contribution in [3.63, 3.8) is 0 Å². The van der Waals surface area contributed by atoms with Crippen molar-refractivity contribution in [3.05, 3.63) is 5.21 Å². The smallest absolute Gasteiger partial charge is 0.434 e. The fraction of sp³-hybridized carbons (Fsp3) is 0. The van der Waals surface area contributed by atoms with Crippen molar-refractivity contribution >= 4 is 11.9 Å². The average molecular weight is 105 g/mol. The third kappa shape index (κ3) is 1.85. The summed E-state index contributed by atoms with van der Waals surface area (Å²) in [5.74, 6) is -3.13. The Labute approximate surface area is 38.5 Å². The van der Waals surface area contributed by atoms with Crippen LogP contribution in [-0.2, 0) is 9.59 Å². The normalized spacial score (nSPS) is 8.14.